The van der Waals surface area contributed by atoms with Crippen molar-refractivity contribution in [2.45, 2.75) is 39.0 Å². The van der Waals surface area contributed by atoms with Crippen molar-refractivity contribution in [3.63, 3.8) is 0 Å². The van der Waals surface area contributed by atoms with Gasteiger partial charge in [-0.25, -0.2) is 9.97 Å². The highest BCUT2D eigenvalue weighted by atomic mass is 15.0. The van der Waals surface area contributed by atoms with Crippen molar-refractivity contribution in [1.29, 1.82) is 0 Å². The molecule has 0 aliphatic heterocycles. The Morgan fingerprint density at radius 3 is 2.57 bits per heavy atom. The van der Waals surface area contributed by atoms with Crippen molar-refractivity contribution >= 4 is 49.9 Å². The summed E-state index contributed by atoms with van der Waals surface area (Å²) in [5.74, 6) is 0.730. The predicted octanol–water partition coefficient (Wildman–Crippen LogP) is 12.2. The van der Waals surface area contributed by atoms with Crippen LogP contribution in [0.1, 0.15) is 60.6 Å². The minimum Gasteiger partial charge on any atom is -0.306 e. The minimum atomic E-state index is -0.197. The van der Waals surface area contributed by atoms with Gasteiger partial charge in [-0.15, -0.1) is 0 Å². The third-order valence-corrected chi connectivity index (χ3v) is 11.4. The first-order valence-electron chi connectivity index (χ1n) is 17.9. The summed E-state index contributed by atoms with van der Waals surface area (Å²) in [6, 6.07) is 31.4. The second-order valence-electron chi connectivity index (χ2n) is 14.5. The number of rotatable bonds is 5. The van der Waals surface area contributed by atoms with Gasteiger partial charge in [0.15, 0.2) is 5.82 Å². The maximum absolute atomic E-state index is 5.47. The first kappa shape index (κ1) is 29.8. The molecule has 0 N–H and O–H groups in total. The number of hydrogen-bond donors (Lipinski definition) is 0. The Labute approximate surface area is 298 Å². The van der Waals surface area contributed by atoms with Crippen LogP contribution in [0.2, 0.25) is 0 Å². The molecule has 0 saturated heterocycles. The van der Waals surface area contributed by atoms with Crippen LogP contribution in [-0.2, 0) is 11.8 Å². The molecule has 3 nitrogen and oxygen atoms in total. The second-order valence-corrected chi connectivity index (χ2v) is 14.5. The molecule has 2 aromatic heterocycles. The van der Waals surface area contributed by atoms with Gasteiger partial charge in [-0.3, -0.25) is 0 Å². The van der Waals surface area contributed by atoms with Crippen LogP contribution >= 0.6 is 0 Å². The van der Waals surface area contributed by atoms with Gasteiger partial charge < -0.3 is 4.57 Å². The summed E-state index contributed by atoms with van der Waals surface area (Å²) in [5, 5.41) is 3.87. The first-order chi connectivity index (χ1) is 25.0. The van der Waals surface area contributed by atoms with E-state index in [1.165, 1.54) is 66.4 Å². The molecule has 244 valence electrons. The van der Waals surface area contributed by atoms with Gasteiger partial charge in [0.25, 0.3) is 0 Å². The lowest BCUT2D eigenvalue weighted by Gasteiger charge is -2.25. The summed E-state index contributed by atoms with van der Waals surface area (Å²) >= 11 is 0. The van der Waals surface area contributed by atoms with Gasteiger partial charge in [0.2, 0.25) is 0 Å². The Hall–Kier alpha value is -6.06. The Kier molecular flexibility index (Phi) is 6.41. The Bertz CT molecular complexity index is 2780. The third-order valence-electron chi connectivity index (χ3n) is 11.4. The topological polar surface area (TPSA) is 30.7 Å². The van der Waals surface area contributed by atoms with Gasteiger partial charge in [-0.1, -0.05) is 136 Å². The van der Waals surface area contributed by atoms with E-state index in [1.807, 2.05) is 6.08 Å². The summed E-state index contributed by atoms with van der Waals surface area (Å²) in [6.07, 6.45) is 19.0. The van der Waals surface area contributed by atoms with Crippen LogP contribution in [0, 0.1) is 0 Å². The van der Waals surface area contributed by atoms with Crippen molar-refractivity contribution < 1.29 is 0 Å². The van der Waals surface area contributed by atoms with Gasteiger partial charge in [0, 0.05) is 21.8 Å². The van der Waals surface area contributed by atoms with Gasteiger partial charge in [-0.05, 0) is 92.9 Å². The average molecular weight is 656 g/mol. The van der Waals surface area contributed by atoms with E-state index in [2.05, 4.69) is 153 Å². The number of fused-ring (bicyclic) bond motifs is 7. The van der Waals surface area contributed by atoms with E-state index in [0.29, 0.717) is 0 Å². The smallest absolute Gasteiger partial charge is 0.159 e. The highest BCUT2D eigenvalue weighted by Crippen LogP contribution is 2.53. The summed E-state index contributed by atoms with van der Waals surface area (Å²) < 4.78 is 2.43. The fourth-order valence-electron chi connectivity index (χ4n) is 9.08. The van der Waals surface area contributed by atoms with E-state index in [0.717, 1.165) is 51.9 Å². The summed E-state index contributed by atoms with van der Waals surface area (Å²) in [5.41, 5.74) is 18.3. The highest BCUT2D eigenvalue weighted by molar-refractivity contribution is 6.15. The van der Waals surface area contributed by atoms with Crippen LogP contribution in [0.25, 0.3) is 78.1 Å². The van der Waals surface area contributed by atoms with Gasteiger partial charge in [-0.2, -0.15) is 0 Å². The summed E-state index contributed by atoms with van der Waals surface area (Å²) in [4.78, 5) is 10.5. The Balaban J connectivity index is 1.26. The molecular weight excluding hydrogens is 619 g/mol. The molecule has 3 heteroatoms. The lowest BCUT2D eigenvalue weighted by molar-refractivity contribution is 0.666. The monoisotopic (exact) mass is 655 g/mol. The molecule has 0 amide bonds. The molecule has 0 fully saturated rings. The lowest BCUT2D eigenvalue weighted by Crippen LogP contribution is -2.15. The van der Waals surface area contributed by atoms with E-state index in [-0.39, 0.29) is 5.41 Å². The maximum Gasteiger partial charge on any atom is 0.159 e. The van der Waals surface area contributed by atoms with Crippen molar-refractivity contribution in [1.82, 2.24) is 14.5 Å². The molecule has 0 atom stereocenters. The van der Waals surface area contributed by atoms with E-state index < -0.39 is 0 Å². The lowest BCUT2D eigenvalue weighted by atomic mass is 9.80. The first-order valence-corrected chi connectivity index (χ1v) is 17.9. The molecular formula is C48H37N3. The van der Waals surface area contributed by atoms with Crippen molar-refractivity contribution in [3.8, 4) is 28.2 Å². The molecule has 5 aromatic carbocycles. The zero-order valence-electron chi connectivity index (χ0n) is 29.2. The fraction of sp³-hybridized carbons (Fsp3) is 0.125. The summed E-state index contributed by atoms with van der Waals surface area (Å²) in [6.45, 7) is 10.6. The molecule has 0 bridgehead atoms. The largest absolute Gasteiger partial charge is 0.306 e. The minimum absolute atomic E-state index is 0.197. The van der Waals surface area contributed by atoms with Crippen LogP contribution < -0.4 is 0 Å². The summed E-state index contributed by atoms with van der Waals surface area (Å²) in [7, 11) is 0. The second kappa shape index (κ2) is 11.0. The van der Waals surface area contributed by atoms with E-state index in [1.54, 1.807) is 6.08 Å². The Morgan fingerprint density at radius 1 is 0.863 bits per heavy atom. The predicted molar refractivity (Wildman–Crippen MR) is 215 cm³/mol. The zero-order chi connectivity index (χ0) is 34.4. The molecule has 51 heavy (non-hydrogen) atoms. The SMILES string of the molecule is C=C/C=C\C(=C/C)c1ccc(-c2ncc3c(n2)c2c4c(ccc2n3-c2ccc3c5c6c(ccc25)C=CCC6=CC3)-c2ccccc2C4(C)C)cc1. The van der Waals surface area contributed by atoms with E-state index in [9.17, 15) is 0 Å². The van der Waals surface area contributed by atoms with Crippen molar-refractivity contribution in [2.75, 3.05) is 0 Å². The third kappa shape index (κ3) is 4.18. The molecule has 0 radical (unpaired) electrons. The zero-order valence-corrected chi connectivity index (χ0v) is 29.2. The molecule has 0 spiro atoms. The fourth-order valence-corrected chi connectivity index (χ4v) is 9.08. The van der Waals surface area contributed by atoms with Gasteiger partial charge >= 0.3 is 0 Å². The quantitative estimate of drug-likeness (QED) is 0.173. The van der Waals surface area contributed by atoms with E-state index in [4.69, 9.17) is 9.97 Å². The van der Waals surface area contributed by atoms with Crippen molar-refractivity contribution in [3.05, 3.63) is 168 Å². The van der Waals surface area contributed by atoms with Crippen LogP contribution in [0.5, 0.6) is 0 Å². The van der Waals surface area contributed by atoms with Crippen molar-refractivity contribution in [2.24, 2.45) is 0 Å². The maximum atomic E-state index is 5.47. The van der Waals surface area contributed by atoms with E-state index >= 15 is 0 Å². The molecule has 3 aliphatic carbocycles. The molecule has 10 rings (SSSR count). The average Bonchev–Trinajstić information content (AvgIpc) is 3.62. The number of hydrogen-bond acceptors (Lipinski definition) is 2. The van der Waals surface area contributed by atoms with Gasteiger partial charge in [0.05, 0.1) is 22.9 Å². The highest BCUT2D eigenvalue weighted by Gasteiger charge is 2.38. The van der Waals surface area contributed by atoms with Crippen LogP contribution in [0.15, 0.2) is 134 Å². The standard InChI is InChI=1S/C48H37N3/c1-5-7-11-29(6-2)30-16-20-34(21-17-30)47-49-28-41-46(50-47)44-40(27-25-36-35-14-8-9-15-38(35)48(3,4)45(36)44)51(41)39-26-23-33-19-18-31-12-10-13-32-22-24-37(39)43(33)42(31)32/h5-11,13-18,20-28H,1,12,19H2,2-4H3/b11-7-,29-6+. The molecule has 0 saturated carbocycles. The number of nitrogens with zero attached hydrogens (tertiary/aromatic N) is 3. The molecule has 7 aromatic rings. The Morgan fingerprint density at radius 2 is 1.73 bits per heavy atom. The number of allylic oxidation sites excluding steroid dienone is 8. The van der Waals surface area contributed by atoms with Crippen LogP contribution in [0.3, 0.4) is 0 Å². The number of benzene rings is 5. The van der Waals surface area contributed by atoms with Gasteiger partial charge in [0.1, 0.15) is 5.52 Å². The normalized spacial score (nSPS) is 15.5. The van der Waals surface area contributed by atoms with Crippen LogP contribution in [0.4, 0.5) is 0 Å². The molecule has 2 heterocycles. The molecule has 3 aliphatic rings. The number of aromatic nitrogens is 3. The van der Waals surface area contributed by atoms with Crippen LogP contribution in [-0.4, -0.2) is 14.5 Å². The molecule has 0 unspecified atom stereocenters.